The van der Waals surface area contributed by atoms with Gasteiger partial charge in [0.1, 0.15) is 0 Å². The van der Waals surface area contributed by atoms with Gasteiger partial charge in [-0.25, -0.2) is 4.98 Å². The number of rotatable bonds is 7. The average Bonchev–Trinajstić information content (AvgIpc) is 3.06. The summed E-state index contributed by atoms with van der Waals surface area (Å²) in [7, 11) is 4.90. The Balaban J connectivity index is 2.00. The van der Waals surface area contributed by atoms with Crippen molar-refractivity contribution in [2.45, 2.75) is 19.0 Å². The third-order valence-corrected chi connectivity index (χ3v) is 4.17. The Kier molecular flexibility index (Phi) is 5.95. The lowest BCUT2D eigenvalue weighted by Crippen LogP contribution is -2.29. The predicted octanol–water partition coefficient (Wildman–Crippen LogP) is 2.21. The van der Waals surface area contributed by atoms with Crippen LogP contribution in [0.25, 0.3) is 0 Å². The number of hydrogen-bond donors (Lipinski definition) is 1. The Morgan fingerprint density at radius 2 is 2.09 bits per heavy atom. The summed E-state index contributed by atoms with van der Waals surface area (Å²) in [5.41, 5.74) is 9.63. The fraction of sp³-hybridized carbons (Fsp3) is 0.375. The number of nitrogens with zero attached hydrogens (tertiary/aromatic N) is 2. The Hall–Kier alpha value is -2.12. The van der Waals surface area contributed by atoms with Crippen molar-refractivity contribution in [2.75, 3.05) is 21.3 Å². The van der Waals surface area contributed by atoms with Crippen molar-refractivity contribution < 1.29 is 14.3 Å². The maximum absolute atomic E-state index is 12.3. The number of nitrogens with two attached hydrogens (primary N) is 1. The number of ether oxygens (including phenoxy) is 2. The van der Waals surface area contributed by atoms with Crippen LogP contribution in [-0.4, -0.2) is 37.1 Å². The van der Waals surface area contributed by atoms with Gasteiger partial charge in [-0.1, -0.05) is 6.07 Å². The van der Waals surface area contributed by atoms with Crippen LogP contribution < -0.4 is 15.2 Å². The number of carbonyl (C=O) groups is 1. The minimum atomic E-state index is -0.403. The van der Waals surface area contributed by atoms with Crippen molar-refractivity contribution in [2.24, 2.45) is 5.73 Å². The molecule has 124 valence electrons. The van der Waals surface area contributed by atoms with Crippen LogP contribution in [0.5, 0.6) is 11.5 Å². The van der Waals surface area contributed by atoms with E-state index >= 15 is 0 Å². The van der Waals surface area contributed by atoms with Gasteiger partial charge in [0.15, 0.2) is 11.5 Å². The molecular weight excluding hydrogens is 314 g/mol. The number of thiazole rings is 1. The molecule has 2 rings (SSSR count). The van der Waals surface area contributed by atoms with E-state index in [0.717, 1.165) is 11.3 Å². The number of carbonyl (C=O) groups excluding carboxylic acids is 1. The van der Waals surface area contributed by atoms with Crippen molar-refractivity contribution >= 4 is 17.2 Å². The highest BCUT2D eigenvalue weighted by Gasteiger charge is 2.17. The Labute approximate surface area is 139 Å². The Bertz CT molecular complexity index is 646. The van der Waals surface area contributed by atoms with Crippen LogP contribution in [-0.2, 0) is 11.3 Å². The SMILES string of the molecule is COc1ccc(C(N)CC(=O)N(C)Cc2cscn2)cc1OC. The zero-order chi connectivity index (χ0) is 16.8. The largest absolute Gasteiger partial charge is 0.493 e. The highest BCUT2D eigenvalue weighted by atomic mass is 32.1. The molecule has 1 amide bonds. The fourth-order valence-corrected chi connectivity index (χ4v) is 2.74. The van der Waals surface area contributed by atoms with Gasteiger partial charge in [-0.2, -0.15) is 0 Å². The molecule has 0 radical (unpaired) electrons. The van der Waals surface area contributed by atoms with Crippen molar-refractivity contribution in [3.05, 3.63) is 40.3 Å². The standard InChI is InChI=1S/C16H21N3O3S/c1-19(8-12-9-23-10-18-12)16(20)7-13(17)11-4-5-14(21-2)15(6-11)22-3/h4-6,9-10,13H,7-8,17H2,1-3H3. The normalized spacial score (nSPS) is 11.8. The van der Waals surface area contributed by atoms with Crippen LogP contribution in [0.1, 0.15) is 23.7 Å². The molecule has 0 aliphatic carbocycles. The lowest BCUT2D eigenvalue weighted by atomic mass is 10.0. The van der Waals surface area contributed by atoms with E-state index in [9.17, 15) is 4.79 Å². The molecule has 6 nitrogen and oxygen atoms in total. The summed E-state index contributed by atoms with van der Waals surface area (Å²) in [6.45, 7) is 0.487. The molecule has 1 heterocycles. The average molecular weight is 335 g/mol. The van der Waals surface area contributed by atoms with Crippen LogP contribution in [0, 0.1) is 0 Å². The molecule has 23 heavy (non-hydrogen) atoms. The van der Waals surface area contributed by atoms with E-state index < -0.39 is 6.04 Å². The van der Waals surface area contributed by atoms with Crippen molar-refractivity contribution in [3.8, 4) is 11.5 Å². The first-order chi connectivity index (χ1) is 11.0. The van der Waals surface area contributed by atoms with Gasteiger partial charge in [-0.05, 0) is 17.7 Å². The highest BCUT2D eigenvalue weighted by Crippen LogP contribution is 2.30. The molecule has 0 spiro atoms. The molecule has 0 aliphatic rings. The van der Waals surface area contributed by atoms with Crippen LogP contribution in [0.2, 0.25) is 0 Å². The number of aromatic nitrogens is 1. The molecule has 7 heteroatoms. The molecule has 0 aliphatic heterocycles. The third kappa shape index (κ3) is 4.43. The van der Waals surface area contributed by atoms with Gasteiger partial charge in [0.2, 0.25) is 5.91 Å². The summed E-state index contributed by atoms with van der Waals surface area (Å²) in [5.74, 6) is 1.21. The van der Waals surface area contributed by atoms with Gasteiger partial charge >= 0.3 is 0 Å². The highest BCUT2D eigenvalue weighted by molar-refractivity contribution is 7.07. The van der Waals surface area contributed by atoms with Gasteiger partial charge in [-0.3, -0.25) is 4.79 Å². The van der Waals surface area contributed by atoms with Crippen LogP contribution in [0.3, 0.4) is 0 Å². The molecule has 1 aromatic carbocycles. The molecule has 1 unspecified atom stereocenters. The number of benzene rings is 1. The quantitative estimate of drug-likeness (QED) is 0.839. The summed E-state index contributed by atoms with van der Waals surface area (Å²) in [6, 6.07) is 5.04. The van der Waals surface area contributed by atoms with Crippen molar-refractivity contribution in [3.63, 3.8) is 0 Å². The van der Waals surface area contributed by atoms with Crippen LogP contribution in [0.15, 0.2) is 29.1 Å². The van der Waals surface area contributed by atoms with Gasteiger partial charge in [0, 0.05) is 24.9 Å². The molecule has 0 saturated heterocycles. The molecule has 0 saturated carbocycles. The van der Waals surface area contributed by atoms with Crippen LogP contribution >= 0.6 is 11.3 Å². The Morgan fingerprint density at radius 3 is 2.70 bits per heavy atom. The lowest BCUT2D eigenvalue weighted by molar-refractivity contribution is -0.130. The van der Waals surface area contributed by atoms with E-state index in [1.54, 1.807) is 43.8 Å². The van der Waals surface area contributed by atoms with Gasteiger partial charge < -0.3 is 20.1 Å². The maximum Gasteiger partial charge on any atom is 0.224 e. The van der Waals surface area contributed by atoms with Crippen molar-refractivity contribution in [1.82, 2.24) is 9.88 Å². The summed E-state index contributed by atoms with van der Waals surface area (Å²) in [5, 5.41) is 1.93. The monoisotopic (exact) mass is 335 g/mol. The Morgan fingerprint density at radius 1 is 1.35 bits per heavy atom. The predicted molar refractivity (Wildman–Crippen MR) is 89.7 cm³/mol. The molecule has 1 aromatic heterocycles. The van der Waals surface area contributed by atoms with E-state index in [4.69, 9.17) is 15.2 Å². The zero-order valence-corrected chi connectivity index (χ0v) is 14.3. The summed E-state index contributed by atoms with van der Waals surface area (Å²) in [6.07, 6.45) is 0.218. The van der Waals surface area contributed by atoms with E-state index in [0.29, 0.717) is 18.0 Å². The first-order valence-corrected chi connectivity index (χ1v) is 8.08. The molecule has 2 aromatic rings. The summed E-state index contributed by atoms with van der Waals surface area (Å²) < 4.78 is 10.5. The molecule has 0 bridgehead atoms. The third-order valence-electron chi connectivity index (χ3n) is 3.54. The number of hydrogen-bond acceptors (Lipinski definition) is 6. The van der Waals surface area contributed by atoms with Crippen molar-refractivity contribution in [1.29, 1.82) is 0 Å². The lowest BCUT2D eigenvalue weighted by Gasteiger charge is -2.19. The van der Waals surface area contributed by atoms with E-state index in [1.165, 1.54) is 11.3 Å². The molecular formula is C16H21N3O3S. The second kappa shape index (κ2) is 7.94. The zero-order valence-electron chi connectivity index (χ0n) is 13.5. The minimum Gasteiger partial charge on any atom is -0.493 e. The van der Waals surface area contributed by atoms with Crippen LogP contribution in [0.4, 0.5) is 0 Å². The first kappa shape index (κ1) is 17.2. The topological polar surface area (TPSA) is 77.7 Å². The molecule has 0 fully saturated rings. The molecule has 2 N–H and O–H groups in total. The second-order valence-electron chi connectivity index (χ2n) is 5.15. The number of amides is 1. The molecule has 1 atom stereocenters. The maximum atomic E-state index is 12.3. The smallest absolute Gasteiger partial charge is 0.224 e. The van der Waals surface area contributed by atoms with E-state index in [-0.39, 0.29) is 12.3 Å². The van der Waals surface area contributed by atoms with Gasteiger partial charge in [0.25, 0.3) is 0 Å². The first-order valence-electron chi connectivity index (χ1n) is 7.13. The van der Waals surface area contributed by atoms with E-state index in [2.05, 4.69) is 4.98 Å². The van der Waals surface area contributed by atoms with E-state index in [1.807, 2.05) is 11.4 Å². The van der Waals surface area contributed by atoms with Gasteiger partial charge in [-0.15, -0.1) is 11.3 Å². The summed E-state index contributed by atoms with van der Waals surface area (Å²) in [4.78, 5) is 18.1. The van der Waals surface area contributed by atoms with Gasteiger partial charge in [0.05, 0.1) is 32.0 Å². The number of methoxy groups -OCH3 is 2. The second-order valence-corrected chi connectivity index (χ2v) is 5.87. The summed E-state index contributed by atoms with van der Waals surface area (Å²) >= 11 is 1.51. The fourth-order valence-electron chi connectivity index (χ4n) is 2.19. The minimum absolute atomic E-state index is 0.0275.